The lowest BCUT2D eigenvalue weighted by molar-refractivity contribution is -0.138. The minimum Gasteiger partial charge on any atom is -0.480 e. The summed E-state index contributed by atoms with van der Waals surface area (Å²) in [6, 6.07) is -0.795. The first kappa shape index (κ1) is 9.59. The van der Waals surface area contributed by atoms with Crippen molar-refractivity contribution in [3.63, 3.8) is 0 Å². The van der Waals surface area contributed by atoms with Crippen LogP contribution in [0.4, 0.5) is 0 Å². The second-order valence-corrected chi connectivity index (χ2v) is 2.66. The number of carboxylic acid groups (broad SMARTS) is 1. The normalized spacial score (nSPS) is 12.7. The number of hydrogen-bond acceptors (Lipinski definition) is 5. The van der Waals surface area contributed by atoms with E-state index in [0.717, 1.165) is 0 Å². The molecule has 1 atom stereocenters. The lowest BCUT2D eigenvalue weighted by atomic mass is 10.2. The number of nitrogens with zero attached hydrogens (tertiary/aromatic N) is 4. The van der Waals surface area contributed by atoms with E-state index in [1.165, 1.54) is 11.0 Å². The standard InChI is InChI=1S/C6H11N5O2/c7-5(6(12)13)2-1-3-11-4-8-9-10-11/h4-5H,1-3,7H2,(H,12,13)/t5-/m1/s1. The van der Waals surface area contributed by atoms with Gasteiger partial charge >= 0.3 is 5.97 Å². The third-order valence-electron chi connectivity index (χ3n) is 1.61. The molecular formula is C6H11N5O2. The minimum absolute atomic E-state index is 0.426. The highest BCUT2D eigenvalue weighted by Gasteiger charge is 2.10. The van der Waals surface area contributed by atoms with Crippen molar-refractivity contribution in [2.24, 2.45) is 5.73 Å². The fraction of sp³-hybridized carbons (Fsp3) is 0.667. The molecule has 0 amide bonds. The van der Waals surface area contributed by atoms with E-state index in [1.54, 1.807) is 0 Å². The van der Waals surface area contributed by atoms with Crippen LogP contribution in [-0.4, -0.2) is 37.3 Å². The summed E-state index contributed by atoms with van der Waals surface area (Å²) in [6.07, 6.45) is 2.56. The molecule has 0 aliphatic heterocycles. The molecule has 7 heteroatoms. The van der Waals surface area contributed by atoms with Gasteiger partial charge in [0, 0.05) is 6.54 Å². The van der Waals surface area contributed by atoms with Gasteiger partial charge in [-0.3, -0.25) is 4.79 Å². The number of aromatic nitrogens is 4. The van der Waals surface area contributed by atoms with E-state index in [-0.39, 0.29) is 0 Å². The van der Waals surface area contributed by atoms with Gasteiger partial charge in [-0.1, -0.05) is 0 Å². The number of tetrazole rings is 1. The topological polar surface area (TPSA) is 107 Å². The lowest BCUT2D eigenvalue weighted by Crippen LogP contribution is -2.30. The van der Waals surface area contributed by atoms with Crippen molar-refractivity contribution in [1.29, 1.82) is 0 Å². The number of carbonyl (C=O) groups is 1. The van der Waals surface area contributed by atoms with E-state index in [2.05, 4.69) is 15.5 Å². The Morgan fingerprint density at radius 2 is 2.46 bits per heavy atom. The molecule has 0 aliphatic carbocycles. The monoisotopic (exact) mass is 185 g/mol. The van der Waals surface area contributed by atoms with Crippen LogP contribution in [0.15, 0.2) is 6.33 Å². The van der Waals surface area contributed by atoms with Gasteiger partial charge in [0.2, 0.25) is 0 Å². The molecule has 1 rings (SSSR count). The molecule has 13 heavy (non-hydrogen) atoms. The summed E-state index contributed by atoms with van der Waals surface area (Å²) in [4.78, 5) is 10.3. The molecule has 7 nitrogen and oxygen atoms in total. The zero-order valence-electron chi connectivity index (χ0n) is 7.00. The van der Waals surface area contributed by atoms with Crippen LogP contribution in [0, 0.1) is 0 Å². The Balaban J connectivity index is 2.18. The predicted octanol–water partition coefficient (Wildman–Crippen LogP) is -1.13. The molecule has 0 bridgehead atoms. The number of nitrogens with two attached hydrogens (primary N) is 1. The Hall–Kier alpha value is -1.50. The maximum atomic E-state index is 10.3. The zero-order valence-corrected chi connectivity index (χ0v) is 7.00. The summed E-state index contributed by atoms with van der Waals surface area (Å²) in [5.74, 6) is -0.975. The average Bonchev–Trinajstić information content (AvgIpc) is 2.56. The SMILES string of the molecule is N[C@H](CCCn1cnnn1)C(=O)O. The minimum atomic E-state index is -0.975. The van der Waals surface area contributed by atoms with Crippen molar-refractivity contribution in [1.82, 2.24) is 20.2 Å². The summed E-state index contributed by atoms with van der Waals surface area (Å²) in [7, 11) is 0. The summed E-state index contributed by atoms with van der Waals surface area (Å²) in [5.41, 5.74) is 5.30. The molecular weight excluding hydrogens is 174 g/mol. The van der Waals surface area contributed by atoms with E-state index in [0.29, 0.717) is 19.4 Å². The first-order valence-corrected chi connectivity index (χ1v) is 3.89. The molecule has 1 aromatic heterocycles. The van der Waals surface area contributed by atoms with Crippen LogP contribution in [0.2, 0.25) is 0 Å². The van der Waals surface area contributed by atoms with Gasteiger partial charge < -0.3 is 10.8 Å². The smallest absolute Gasteiger partial charge is 0.320 e. The molecule has 0 aromatic carbocycles. The third kappa shape index (κ3) is 3.16. The van der Waals surface area contributed by atoms with Gasteiger partial charge in [-0.15, -0.1) is 5.10 Å². The maximum absolute atomic E-state index is 10.3. The Kier molecular flexibility index (Phi) is 3.32. The molecule has 0 radical (unpaired) electrons. The molecule has 0 aliphatic rings. The molecule has 72 valence electrons. The van der Waals surface area contributed by atoms with Gasteiger partial charge in [0.15, 0.2) is 0 Å². The fourth-order valence-electron chi connectivity index (χ4n) is 0.879. The molecule has 3 N–H and O–H groups in total. The number of aryl methyl sites for hydroxylation is 1. The van der Waals surface area contributed by atoms with Crippen molar-refractivity contribution in [3.8, 4) is 0 Å². The van der Waals surface area contributed by atoms with Gasteiger partial charge in [-0.2, -0.15) is 0 Å². The van der Waals surface area contributed by atoms with Crippen molar-refractivity contribution in [3.05, 3.63) is 6.33 Å². The Bertz CT molecular complexity index is 260. The second-order valence-electron chi connectivity index (χ2n) is 2.66. The highest BCUT2D eigenvalue weighted by molar-refractivity contribution is 5.72. The van der Waals surface area contributed by atoms with Crippen LogP contribution in [0.1, 0.15) is 12.8 Å². The maximum Gasteiger partial charge on any atom is 0.320 e. The molecule has 1 heterocycles. The van der Waals surface area contributed by atoms with E-state index < -0.39 is 12.0 Å². The van der Waals surface area contributed by atoms with Crippen LogP contribution in [0.25, 0.3) is 0 Å². The predicted molar refractivity (Wildman–Crippen MR) is 42.7 cm³/mol. The second kappa shape index (κ2) is 4.51. The molecule has 0 saturated carbocycles. The number of rotatable bonds is 5. The van der Waals surface area contributed by atoms with Crippen molar-refractivity contribution >= 4 is 5.97 Å². The van der Waals surface area contributed by atoms with Gasteiger partial charge in [0.1, 0.15) is 12.4 Å². The van der Waals surface area contributed by atoms with Gasteiger partial charge in [-0.05, 0) is 23.3 Å². The molecule has 0 unspecified atom stereocenters. The Morgan fingerprint density at radius 1 is 1.69 bits per heavy atom. The average molecular weight is 185 g/mol. The number of aliphatic carboxylic acids is 1. The number of hydrogen-bond donors (Lipinski definition) is 2. The lowest BCUT2D eigenvalue weighted by Gasteiger charge is -2.04. The van der Waals surface area contributed by atoms with Crippen molar-refractivity contribution < 1.29 is 9.90 Å². The fourth-order valence-corrected chi connectivity index (χ4v) is 0.879. The van der Waals surface area contributed by atoms with Gasteiger partial charge in [-0.25, -0.2) is 4.68 Å². The van der Waals surface area contributed by atoms with Crippen molar-refractivity contribution in [2.45, 2.75) is 25.4 Å². The van der Waals surface area contributed by atoms with Crippen LogP contribution < -0.4 is 5.73 Å². The van der Waals surface area contributed by atoms with Gasteiger partial charge in [0.25, 0.3) is 0 Å². The quantitative estimate of drug-likeness (QED) is 0.600. The van der Waals surface area contributed by atoms with E-state index in [4.69, 9.17) is 10.8 Å². The Labute approximate surface area is 74.5 Å². The first-order chi connectivity index (χ1) is 6.20. The van der Waals surface area contributed by atoms with Crippen LogP contribution in [0.3, 0.4) is 0 Å². The van der Waals surface area contributed by atoms with Gasteiger partial charge in [0.05, 0.1) is 0 Å². The zero-order chi connectivity index (χ0) is 9.68. The molecule has 0 fully saturated rings. The van der Waals surface area contributed by atoms with E-state index >= 15 is 0 Å². The summed E-state index contributed by atoms with van der Waals surface area (Å²) >= 11 is 0. The summed E-state index contributed by atoms with van der Waals surface area (Å²) in [6.45, 7) is 0.591. The Morgan fingerprint density at radius 3 is 3.00 bits per heavy atom. The first-order valence-electron chi connectivity index (χ1n) is 3.89. The number of carboxylic acids is 1. The van der Waals surface area contributed by atoms with E-state index in [1.807, 2.05) is 0 Å². The summed E-state index contributed by atoms with van der Waals surface area (Å²) < 4.78 is 1.54. The van der Waals surface area contributed by atoms with E-state index in [9.17, 15) is 4.79 Å². The third-order valence-corrected chi connectivity index (χ3v) is 1.61. The van der Waals surface area contributed by atoms with Crippen LogP contribution in [0.5, 0.6) is 0 Å². The van der Waals surface area contributed by atoms with Crippen molar-refractivity contribution in [2.75, 3.05) is 0 Å². The van der Waals surface area contributed by atoms with Crippen LogP contribution in [-0.2, 0) is 11.3 Å². The summed E-state index contributed by atoms with van der Waals surface area (Å²) in [5, 5.41) is 19.0. The molecule has 1 aromatic rings. The van der Waals surface area contributed by atoms with Crippen LogP contribution >= 0.6 is 0 Å². The molecule has 0 spiro atoms. The largest absolute Gasteiger partial charge is 0.480 e. The highest BCUT2D eigenvalue weighted by Crippen LogP contribution is 1.96. The molecule has 0 saturated heterocycles. The highest BCUT2D eigenvalue weighted by atomic mass is 16.4.